The molecule has 5 nitrogen and oxygen atoms in total. The molecule has 1 amide bonds. The average Bonchev–Trinajstić information content (AvgIpc) is 3.01. The second kappa shape index (κ2) is 6.43. The van der Waals surface area contributed by atoms with Crippen molar-refractivity contribution in [2.24, 2.45) is 7.05 Å². The third-order valence-corrected chi connectivity index (χ3v) is 4.89. The normalized spacial score (nSPS) is 11.2. The molecule has 0 aliphatic carbocycles. The number of carbonyl (C=O) groups excluding carboxylic acids is 1. The lowest BCUT2D eigenvalue weighted by molar-refractivity contribution is 0.0981. The van der Waals surface area contributed by atoms with Gasteiger partial charge in [0.15, 0.2) is 0 Å². The lowest BCUT2D eigenvalue weighted by Gasteiger charge is -2.21. The number of anilines is 1. The third kappa shape index (κ3) is 2.72. The maximum Gasteiger partial charge on any atom is 0.345 e. The molecule has 0 N–H and O–H groups in total. The van der Waals surface area contributed by atoms with Crippen LogP contribution in [0.1, 0.15) is 23.0 Å². The summed E-state index contributed by atoms with van der Waals surface area (Å²) < 4.78 is 7.20. The third-order valence-electron chi connectivity index (χ3n) is 4.89. The van der Waals surface area contributed by atoms with Gasteiger partial charge in [-0.05, 0) is 49.7 Å². The monoisotopic (exact) mass is 360 g/mol. The first-order chi connectivity index (χ1) is 13.0. The number of aromatic nitrogens is 1. The minimum absolute atomic E-state index is 0.148. The Morgan fingerprint density at radius 3 is 2.59 bits per heavy atom. The van der Waals surface area contributed by atoms with Crippen LogP contribution in [0.3, 0.4) is 0 Å². The summed E-state index contributed by atoms with van der Waals surface area (Å²) in [7, 11) is 1.81. The summed E-state index contributed by atoms with van der Waals surface area (Å²) in [6, 6.07) is 16.8. The molecule has 2 heterocycles. The topological polar surface area (TPSA) is 55.5 Å². The number of benzene rings is 2. The van der Waals surface area contributed by atoms with Crippen molar-refractivity contribution in [1.29, 1.82) is 0 Å². The highest BCUT2D eigenvalue weighted by Crippen LogP contribution is 2.27. The Bertz CT molecular complexity index is 1230. The molecule has 136 valence electrons. The molecule has 0 aliphatic heterocycles. The zero-order chi connectivity index (χ0) is 19.1. The van der Waals surface area contributed by atoms with E-state index in [4.69, 9.17) is 4.42 Å². The van der Waals surface area contributed by atoms with Gasteiger partial charge in [0, 0.05) is 24.7 Å². The van der Waals surface area contributed by atoms with E-state index in [0.717, 1.165) is 16.6 Å². The smallest absolute Gasteiger partial charge is 0.345 e. The van der Waals surface area contributed by atoms with Gasteiger partial charge in [0.1, 0.15) is 11.3 Å². The molecule has 0 aliphatic rings. The van der Waals surface area contributed by atoms with E-state index < -0.39 is 5.63 Å². The molecular formula is C22H20N2O3. The van der Waals surface area contributed by atoms with Crippen molar-refractivity contribution in [1.82, 2.24) is 4.57 Å². The molecular weight excluding hydrogens is 340 g/mol. The standard InChI is InChI=1S/C22H20N2O3/c1-4-24(15-9-7-8-14(2)12-15)21(25)18-13-17-20(23(18)3)16-10-5-6-11-19(16)27-22(17)26/h5-13H,4H2,1-3H3. The van der Waals surface area contributed by atoms with E-state index >= 15 is 0 Å². The van der Waals surface area contributed by atoms with Crippen LogP contribution in [0.4, 0.5) is 5.69 Å². The fourth-order valence-electron chi connectivity index (χ4n) is 3.57. The van der Waals surface area contributed by atoms with Crippen LogP contribution in [-0.2, 0) is 7.05 Å². The molecule has 2 aromatic heterocycles. The lowest BCUT2D eigenvalue weighted by Crippen LogP contribution is -2.32. The van der Waals surface area contributed by atoms with Crippen LogP contribution in [0.2, 0.25) is 0 Å². The van der Waals surface area contributed by atoms with Crippen molar-refractivity contribution in [3.8, 4) is 0 Å². The SMILES string of the molecule is CCN(C(=O)c1cc2c(=O)oc3ccccc3c2n1C)c1cccc(C)c1. The predicted octanol–water partition coefficient (Wildman–Crippen LogP) is 4.26. The number of nitrogens with zero attached hydrogens (tertiary/aromatic N) is 2. The van der Waals surface area contributed by atoms with Gasteiger partial charge in [-0.2, -0.15) is 0 Å². The first-order valence-electron chi connectivity index (χ1n) is 8.91. The number of hydrogen-bond donors (Lipinski definition) is 0. The van der Waals surface area contributed by atoms with E-state index in [1.54, 1.807) is 21.6 Å². The minimum atomic E-state index is -0.433. The van der Waals surface area contributed by atoms with E-state index in [2.05, 4.69) is 0 Å². The Morgan fingerprint density at radius 1 is 1.07 bits per heavy atom. The molecule has 0 bridgehead atoms. The van der Waals surface area contributed by atoms with Crippen molar-refractivity contribution in [3.05, 3.63) is 76.3 Å². The van der Waals surface area contributed by atoms with Gasteiger partial charge < -0.3 is 13.9 Å². The van der Waals surface area contributed by atoms with Gasteiger partial charge in [0.25, 0.3) is 5.91 Å². The maximum atomic E-state index is 13.3. The van der Waals surface area contributed by atoms with E-state index in [0.29, 0.717) is 28.7 Å². The van der Waals surface area contributed by atoms with E-state index in [9.17, 15) is 9.59 Å². The second-order valence-corrected chi connectivity index (χ2v) is 6.62. The van der Waals surface area contributed by atoms with Gasteiger partial charge in [-0.15, -0.1) is 0 Å². The van der Waals surface area contributed by atoms with Crippen LogP contribution in [0.25, 0.3) is 21.9 Å². The van der Waals surface area contributed by atoms with E-state index in [1.165, 1.54) is 0 Å². The van der Waals surface area contributed by atoms with Gasteiger partial charge in [-0.25, -0.2) is 4.79 Å². The van der Waals surface area contributed by atoms with E-state index in [-0.39, 0.29) is 5.91 Å². The Labute approximate surface area is 156 Å². The van der Waals surface area contributed by atoms with Crippen molar-refractivity contribution in [2.75, 3.05) is 11.4 Å². The first-order valence-corrected chi connectivity index (χ1v) is 8.91. The molecule has 0 radical (unpaired) electrons. The summed E-state index contributed by atoms with van der Waals surface area (Å²) in [4.78, 5) is 27.4. The highest BCUT2D eigenvalue weighted by molar-refractivity contribution is 6.11. The molecule has 0 atom stereocenters. The van der Waals surface area contributed by atoms with Crippen LogP contribution in [0.15, 0.2) is 63.8 Å². The van der Waals surface area contributed by atoms with E-state index in [1.807, 2.05) is 63.4 Å². The van der Waals surface area contributed by atoms with Crippen LogP contribution in [0, 0.1) is 6.92 Å². The number of fused-ring (bicyclic) bond motifs is 3. The number of hydrogen-bond acceptors (Lipinski definition) is 3. The minimum Gasteiger partial charge on any atom is -0.422 e. The number of para-hydroxylation sites is 1. The molecule has 2 aromatic carbocycles. The fourth-order valence-corrected chi connectivity index (χ4v) is 3.57. The lowest BCUT2D eigenvalue weighted by atomic mass is 10.2. The van der Waals surface area contributed by atoms with Crippen molar-refractivity contribution >= 4 is 33.5 Å². The summed E-state index contributed by atoms with van der Waals surface area (Å²) in [5.41, 5.74) is 3.17. The maximum absolute atomic E-state index is 13.3. The highest BCUT2D eigenvalue weighted by Gasteiger charge is 2.23. The van der Waals surface area contributed by atoms with Gasteiger partial charge in [0.2, 0.25) is 0 Å². The molecule has 0 saturated heterocycles. The van der Waals surface area contributed by atoms with Gasteiger partial charge in [0.05, 0.1) is 10.9 Å². The summed E-state index contributed by atoms with van der Waals surface area (Å²) >= 11 is 0. The molecule has 4 aromatic rings. The Kier molecular flexibility index (Phi) is 4.07. The molecule has 0 spiro atoms. The molecule has 5 heteroatoms. The predicted molar refractivity (Wildman–Crippen MR) is 107 cm³/mol. The highest BCUT2D eigenvalue weighted by atomic mass is 16.4. The van der Waals surface area contributed by atoms with Crippen LogP contribution in [0.5, 0.6) is 0 Å². The number of carbonyl (C=O) groups is 1. The van der Waals surface area contributed by atoms with Crippen molar-refractivity contribution in [3.63, 3.8) is 0 Å². The Hall–Kier alpha value is -3.34. The largest absolute Gasteiger partial charge is 0.422 e. The summed E-state index contributed by atoms with van der Waals surface area (Å²) in [5, 5.41) is 1.23. The summed E-state index contributed by atoms with van der Waals surface area (Å²) in [5.74, 6) is -0.148. The molecule has 0 fully saturated rings. The summed E-state index contributed by atoms with van der Waals surface area (Å²) in [6.07, 6.45) is 0. The van der Waals surface area contributed by atoms with Crippen LogP contribution >= 0.6 is 0 Å². The first kappa shape index (κ1) is 17.1. The van der Waals surface area contributed by atoms with Gasteiger partial charge >= 0.3 is 5.63 Å². The zero-order valence-corrected chi connectivity index (χ0v) is 15.5. The Morgan fingerprint density at radius 2 is 1.85 bits per heavy atom. The summed E-state index contributed by atoms with van der Waals surface area (Å²) in [6.45, 7) is 4.46. The number of rotatable bonds is 3. The van der Waals surface area contributed by atoms with Crippen molar-refractivity contribution in [2.45, 2.75) is 13.8 Å². The van der Waals surface area contributed by atoms with Crippen LogP contribution < -0.4 is 10.5 Å². The fraction of sp³-hybridized carbons (Fsp3) is 0.182. The van der Waals surface area contributed by atoms with Crippen molar-refractivity contribution < 1.29 is 9.21 Å². The van der Waals surface area contributed by atoms with Crippen LogP contribution in [-0.4, -0.2) is 17.0 Å². The Balaban J connectivity index is 1.92. The van der Waals surface area contributed by atoms with Gasteiger partial charge in [-0.3, -0.25) is 4.79 Å². The average molecular weight is 360 g/mol. The molecule has 0 saturated carbocycles. The van der Waals surface area contributed by atoms with Gasteiger partial charge in [-0.1, -0.05) is 24.3 Å². The quantitative estimate of drug-likeness (QED) is 0.513. The molecule has 27 heavy (non-hydrogen) atoms. The zero-order valence-electron chi connectivity index (χ0n) is 15.5. The number of aryl methyl sites for hydroxylation is 2. The number of amides is 1. The second-order valence-electron chi connectivity index (χ2n) is 6.62. The molecule has 4 rings (SSSR count). The molecule has 0 unspecified atom stereocenters.